The number of ketones is 1. The Balaban J connectivity index is 3.64. The minimum Gasteiger partial charge on any atom is -0.386 e. The Bertz CT molecular complexity index is 149. The Morgan fingerprint density at radius 3 is 2.89 bits per heavy atom. The van der Waals surface area contributed by atoms with E-state index in [1.807, 2.05) is 5.16 Å². The van der Waals surface area contributed by atoms with E-state index in [1.54, 1.807) is 0 Å². The molecule has 0 aromatic heterocycles. The lowest BCUT2D eigenvalue weighted by Crippen LogP contribution is -2.18. The number of isothiocyanates is 1. The highest BCUT2D eigenvalue weighted by molar-refractivity contribution is 7.78. The molecule has 0 aromatic rings. The molecule has 0 saturated carbocycles. The lowest BCUT2D eigenvalue weighted by molar-refractivity contribution is -0.124. The van der Waals surface area contributed by atoms with Gasteiger partial charge in [0.25, 0.3) is 0 Å². The largest absolute Gasteiger partial charge is 0.386 e. The van der Waals surface area contributed by atoms with Crippen LogP contribution in [0.25, 0.3) is 0 Å². The molecule has 4 heteroatoms. The Labute approximate surface area is 58.4 Å². The maximum Gasteiger partial charge on any atom is 0.183 e. The zero-order valence-electron chi connectivity index (χ0n) is 5.00. The predicted molar refractivity (Wildman–Crippen MR) is 36.6 cm³/mol. The molecular formula is C5H7NO2S. The van der Waals surface area contributed by atoms with E-state index in [1.165, 1.54) is 6.92 Å². The molecule has 3 nitrogen and oxygen atoms in total. The summed E-state index contributed by atoms with van der Waals surface area (Å²) >= 11 is 4.21. The summed E-state index contributed by atoms with van der Waals surface area (Å²) in [6.45, 7) is 1.32. The highest BCUT2D eigenvalue weighted by Gasteiger charge is 2.05. The van der Waals surface area contributed by atoms with Gasteiger partial charge in [0, 0.05) is 0 Å². The summed E-state index contributed by atoms with van der Waals surface area (Å²) in [7, 11) is 0. The van der Waals surface area contributed by atoms with Crippen LogP contribution in [-0.4, -0.2) is 28.7 Å². The number of aliphatic hydroxyl groups is 1. The van der Waals surface area contributed by atoms with Gasteiger partial charge in [-0.25, -0.2) is 4.99 Å². The van der Waals surface area contributed by atoms with Crippen molar-refractivity contribution in [1.29, 1.82) is 0 Å². The summed E-state index contributed by atoms with van der Waals surface area (Å²) in [5, 5.41) is 10.6. The molecule has 0 amide bonds. The first-order chi connectivity index (χ1) is 4.18. The molecule has 0 bridgehead atoms. The molecule has 1 unspecified atom stereocenters. The van der Waals surface area contributed by atoms with Crippen molar-refractivity contribution < 1.29 is 9.90 Å². The van der Waals surface area contributed by atoms with Crippen LogP contribution < -0.4 is 0 Å². The van der Waals surface area contributed by atoms with E-state index in [0.717, 1.165) is 0 Å². The fraction of sp³-hybridized carbons (Fsp3) is 0.600. The third-order valence-corrected chi connectivity index (χ3v) is 0.895. The summed E-state index contributed by atoms with van der Waals surface area (Å²) in [6.07, 6.45) is -0.947. The van der Waals surface area contributed by atoms with Crippen molar-refractivity contribution in [3.05, 3.63) is 0 Å². The van der Waals surface area contributed by atoms with Crippen LogP contribution >= 0.6 is 12.2 Å². The van der Waals surface area contributed by atoms with Gasteiger partial charge in [0.05, 0.1) is 5.16 Å². The minimum atomic E-state index is -0.947. The Hall–Kier alpha value is -0.570. The van der Waals surface area contributed by atoms with Crippen molar-refractivity contribution in [3.8, 4) is 0 Å². The number of hydrogen-bond donors (Lipinski definition) is 1. The van der Waals surface area contributed by atoms with Crippen LogP contribution in [0, 0.1) is 0 Å². The highest BCUT2D eigenvalue weighted by atomic mass is 32.1. The van der Waals surface area contributed by atoms with Gasteiger partial charge in [0.1, 0.15) is 12.6 Å². The number of hydrogen-bond acceptors (Lipinski definition) is 4. The van der Waals surface area contributed by atoms with Crippen molar-refractivity contribution in [2.24, 2.45) is 4.99 Å². The lowest BCUT2D eigenvalue weighted by Gasteiger charge is -1.95. The molecule has 0 heterocycles. The van der Waals surface area contributed by atoms with Crippen LogP contribution in [0.2, 0.25) is 0 Å². The van der Waals surface area contributed by atoms with E-state index < -0.39 is 6.10 Å². The van der Waals surface area contributed by atoms with E-state index >= 15 is 0 Å². The summed E-state index contributed by atoms with van der Waals surface area (Å²) in [4.78, 5) is 13.8. The van der Waals surface area contributed by atoms with E-state index in [4.69, 9.17) is 5.11 Å². The number of Topliss-reactive ketones (excluding diaryl/α,β-unsaturated/α-hetero) is 1. The van der Waals surface area contributed by atoms with Crippen LogP contribution in [0.1, 0.15) is 6.92 Å². The summed E-state index contributed by atoms with van der Waals surface area (Å²) < 4.78 is 0. The standard InChI is InChI=1S/C5H7NO2S/c1-4(7)5(8)2-6-3-9/h4,7H,2H2,1H3. The van der Waals surface area contributed by atoms with Gasteiger partial charge in [0.15, 0.2) is 5.78 Å². The van der Waals surface area contributed by atoms with Crippen molar-refractivity contribution in [3.63, 3.8) is 0 Å². The van der Waals surface area contributed by atoms with E-state index in [2.05, 4.69) is 17.2 Å². The molecule has 0 aromatic carbocycles. The molecular weight excluding hydrogens is 138 g/mol. The molecule has 0 radical (unpaired) electrons. The summed E-state index contributed by atoms with van der Waals surface area (Å²) in [5.74, 6) is -0.340. The zero-order valence-corrected chi connectivity index (χ0v) is 5.81. The van der Waals surface area contributed by atoms with Crippen molar-refractivity contribution >= 4 is 23.2 Å². The van der Waals surface area contributed by atoms with E-state index in [-0.39, 0.29) is 12.3 Å². The van der Waals surface area contributed by atoms with Gasteiger partial charge < -0.3 is 5.11 Å². The lowest BCUT2D eigenvalue weighted by atomic mass is 10.3. The second kappa shape index (κ2) is 4.32. The normalized spacial score (nSPS) is 11.8. The van der Waals surface area contributed by atoms with E-state index in [9.17, 15) is 4.79 Å². The molecule has 50 valence electrons. The monoisotopic (exact) mass is 145 g/mol. The maximum atomic E-state index is 10.5. The number of nitrogens with zero attached hydrogens (tertiary/aromatic N) is 1. The van der Waals surface area contributed by atoms with Gasteiger partial charge in [-0.15, -0.1) is 0 Å². The van der Waals surface area contributed by atoms with Crippen molar-refractivity contribution in [2.75, 3.05) is 6.54 Å². The fourth-order valence-corrected chi connectivity index (χ4v) is 0.307. The molecule has 9 heavy (non-hydrogen) atoms. The Kier molecular flexibility index (Phi) is 4.05. The summed E-state index contributed by atoms with van der Waals surface area (Å²) in [6, 6.07) is 0. The topological polar surface area (TPSA) is 49.7 Å². The first kappa shape index (κ1) is 8.43. The Morgan fingerprint density at radius 2 is 2.56 bits per heavy atom. The second-order valence-electron chi connectivity index (χ2n) is 1.55. The van der Waals surface area contributed by atoms with Crippen LogP contribution in [-0.2, 0) is 4.79 Å². The van der Waals surface area contributed by atoms with Gasteiger partial charge in [-0.3, -0.25) is 4.79 Å². The third kappa shape index (κ3) is 3.97. The van der Waals surface area contributed by atoms with Gasteiger partial charge in [-0.2, -0.15) is 0 Å². The fourth-order valence-electron chi connectivity index (χ4n) is 0.242. The maximum absolute atomic E-state index is 10.5. The predicted octanol–water partition coefficient (Wildman–Crippen LogP) is 0.0391. The molecule has 0 aliphatic rings. The number of carbonyl (C=O) groups excluding carboxylic acids is 1. The van der Waals surface area contributed by atoms with Gasteiger partial charge in [0.2, 0.25) is 0 Å². The molecule has 0 saturated heterocycles. The number of rotatable bonds is 3. The number of aliphatic imine (C=N–C) groups is 1. The SMILES string of the molecule is CC(O)C(=O)CN=C=S. The van der Waals surface area contributed by atoms with Gasteiger partial charge in [-0.1, -0.05) is 0 Å². The van der Waals surface area contributed by atoms with Crippen molar-refractivity contribution in [2.45, 2.75) is 13.0 Å². The van der Waals surface area contributed by atoms with Crippen molar-refractivity contribution in [1.82, 2.24) is 0 Å². The molecule has 1 N–H and O–H groups in total. The highest BCUT2D eigenvalue weighted by Crippen LogP contribution is 1.82. The number of carbonyl (C=O) groups is 1. The average molecular weight is 145 g/mol. The van der Waals surface area contributed by atoms with Crippen LogP contribution in [0.3, 0.4) is 0 Å². The van der Waals surface area contributed by atoms with Crippen LogP contribution in [0.15, 0.2) is 4.99 Å². The van der Waals surface area contributed by atoms with E-state index in [0.29, 0.717) is 0 Å². The Morgan fingerprint density at radius 1 is 2.00 bits per heavy atom. The second-order valence-corrected chi connectivity index (χ2v) is 1.73. The molecule has 0 aliphatic heterocycles. The number of aliphatic hydroxyl groups excluding tert-OH is 1. The van der Waals surface area contributed by atoms with Gasteiger partial charge >= 0.3 is 0 Å². The molecule has 0 spiro atoms. The first-order valence-electron chi connectivity index (χ1n) is 2.43. The zero-order chi connectivity index (χ0) is 7.28. The third-order valence-electron chi connectivity index (χ3n) is 0.765. The van der Waals surface area contributed by atoms with Crippen LogP contribution in [0.4, 0.5) is 0 Å². The average Bonchev–Trinajstić information content (AvgIpc) is 1.82. The quantitative estimate of drug-likeness (QED) is 0.450. The molecule has 1 atom stereocenters. The minimum absolute atomic E-state index is 0.0683. The van der Waals surface area contributed by atoms with Crippen LogP contribution in [0.5, 0.6) is 0 Å². The smallest absolute Gasteiger partial charge is 0.183 e. The molecule has 0 fully saturated rings. The molecule has 0 aliphatic carbocycles. The van der Waals surface area contributed by atoms with Gasteiger partial charge in [-0.05, 0) is 19.1 Å². The first-order valence-corrected chi connectivity index (χ1v) is 2.83. The number of thiocarbonyl (C=S) groups is 1. The molecule has 0 rings (SSSR count). The summed E-state index contributed by atoms with van der Waals surface area (Å²) in [5.41, 5.74) is 0.